The number of aromatic hydroxyl groups is 1. The molecule has 5 aromatic rings. The number of hydrogen-bond donors (Lipinski definition) is 3. The molecule has 1 aliphatic carbocycles. The van der Waals surface area contributed by atoms with Crippen molar-refractivity contribution in [2.45, 2.75) is 24.8 Å². The summed E-state index contributed by atoms with van der Waals surface area (Å²) < 4.78 is 1.94. The first-order chi connectivity index (χ1) is 18.5. The van der Waals surface area contributed by atoms with Gasteiger partial charge in [-0.2, -0.15) is 0 Å². The minimum atomic E-state index is -0.668. The summed E-state index contributed by atoms with van der Waals surface area (Å²) in [5, 5.41) is 13.1. The normalized spacial score (nSPS) is 13.8. The predicted octanol–water partition coefficient (Wildman–Crippen LogP) is 3.93. The lowest BCUT2D eigenvalue weighted by atomic mass is 9.93. The maximum atomic E-state index is 13.1. The first-order valence-corrected chi connectivity index (χ1v) is 12.2. The second-order valence-electron chi connectivity index (χ2n) is 9.38. The molecule has 9 nitrogen and oxygen atoms in total. The summed E-state index contributed by atoms with van der Waals surface area (Å²) in [4.78, 5) is 37.6. The van der Waals surface area contributed by atoms with Gasteiger partial charge in [0.2, 0.25) is 5.91 Å². The van der Waals surface area contributed by atoms with Crippen molar-refractivity contribution in [3.63, 3.8) is 0 Å². The van der Waals surface area contributed by atoms with Crippen molar-refractivity contribution >= 4 is 29.2 Å². The molecule has 0 unspecified atom stereocenters. The number of hydrogen-bond acceptors (Lipinski definition) is 7. The number of nitrogens with two attached hydrogens (primary N) is 1. The molecule has 38 heavy (non-hydrogen) atoms. The van der Waals surface area contributed by atoms with Crippen LogP contribution in [0.2, 0.25) is 0 Å². The molecular weight excluding hydrogens is 480 g/mol. The number of carbonyl (C=O) groups is 2. The van der Waals surface area contributed by atoms with Crippen LogP contribution in [0.3, 0.4) is 0 Å². The van der Waals surface area contributed by atoms with Crippen LogP contribution in [0, 0.1) is 0 Å². The molecule has 0 spiro atoms. The summed E-state index contributed by atoms with van der Waals surface area (Å²) in [7, 11) is 0. The Morgan fingerprint density at radius 3 is 2.53 bits per heavy atom. The molecule has 0 saturated heterocycles. The molecule has 1 fully saturated rings. The van der Waals surface area contributed by atoms with Crippen LogP contribution < -0.4 is 11.1 Å². The highest BCUT2D eigenvalue weighted by molar-refractivity contribution is 5.92. The maximum Gasteiger partial charge on any atom is 0.230 e. The largest absolute Gasteiger partial charge is 0.507 e. The molecule has 6 rings (SSSR count). The first-order valence-electron chi connectivity index (χ1n) is 12.2. The van der Waals surface area contributed by atoms with Gasteiger partial charge < -0.3 is 16.2 Å². The van der Waals surface area contributed by atoms with Gasteiger partial charge in [0, 0.05) is 24.6 Å². The van der Waals surface area contributed by atoms with Crippen LogP contribution in [0.4, 0.5) is 5.82 Å². The topological polar surface area (TPSA) is 136 Å². The highest BCUT2D eigenvalue weighted by atomic mass is 16.3. The van der Waals surface area contributed by atoms with Gasteiger partial charge in [-0.05, 0) is 72.5 Å². The minimum Gasteiger partial charge on any atom is -0.507 e. The molecule has 3 aromatic heterocycles. The molecular formula is C29H24N6O3. The zero-order chi connectivity index (χ0) is 26.3. The van der Waals surface area contributed by atoms with Crippen molar-refractivity contribution in [2.24, 2.45) is 0 Å². The Balaban J connectivity index is 1.24. The number of phenols is 1. The number of nitrogens with one attached hydrogen (secondary N) is 1. The van der Waals surface area contributed by atoms with E-state index in [2.05, 4.69) is 15.3 Å². The quantitative estimate of drug-likeness (QED) is 0.286. The van der Waals surface area contributed by atoms with Crippen LogP contribution in [-0.4, -0.2) is 36.8 Å². The SMILES string of the molecule is Nc1ncccc1-c1nc2cccnc2n1-c1ccc(CNC(=O)C2(c3ccc(C=O)c(O)c3)CC2)cc1. The molecule has 1 aliphatic rings. The zero-order valence-corrected chi connectivity index (χ0v) is 20.3. The summed E-state index contributed by atoms with van der Waals surface area (Å²) in [6, 6.07) is 20.0. The molecule has 1 saturated carbocycles. The number of carbonyl (C=O) groups excluding carboxylic acids is 2. The van der Waals surface area contributed by atoms with Gasteiger partial charge in [0.25, 0.3) is 0 Å². The number of amides is 1. The summed E-state index contributed by atoms with van der Waals surface area (Å²) >= 11 is 0. The molecule has 9 heteroatoms. The van der Waals surface area contributed by atoms with Crippen molar-refractivity contribution in [1.29, 1.82) is 0 Å². The Hall–Kier alpha value is -5.05. The van der Waals surface area contributed by atoms with Crippen LogP contribution in [0.25, 0.3) is 28.2 Å². The van der Waals surface area contributed by atoms with Gasteiger partial charge >= 0.3 is 0 Å². The zero-order valence-electron chi connectivity index (χ0n) is 20.3. The molecule has 0 aliphatic heterocycles. The predicted molar refractivity (Wildman–Crippen MR) is 143 cm³/mol. The number of nitrogens with zero attached hydrogens (tertiary/aromatic N) is 4. The number of aldehydes is 1. The molecule has 2 aromatic carbocycles. The monoisotopic (exact) mass is 504 g/mol. The average molecular weight is 505 g/mol. The lowest BCUT2D eigenvalue weighted by Gasteiger charge is -2.17. The van der Waals surface area contributed by atoms with Gasteiger partial charge in [-0.3, -0.25) is 14.2 Å². The summed E-state index contributed by atoms with van der Waals surface area (Å²) in [5.41, 5.74) is 10.4. The fourth-order valence-electron chi connectivity index (χ4n) is 4.77. The number of pyridine rings is 2. The van der Waals surface area contributed by atoms with Gasteiger partial charge in [-0.25, -0.2) is 15.0 Å². The Morgan fingerprint density at radius 2 is 1.82 bits per heavy atom. The third-order valence-electron chi connectivity index (χ3n) is 7.04. The van der Waals surface area contributed by atoms with E-state index in [1.54, 1.807) is 24.5 Å². The second kappa shape index (κ2) is 9.11. The molecule has 0 atom stereocenters. The van der Waals surface area contributed by atoms with Crippen molar-refractivity contribution in [2.75, 3.05) is 5.73 Å². The van der Waals surface area contributed by atoms with E-state index < -0.39 is 5.41 Å². The number of fused-ring (bicyclic) bond motifs is 1. The van der Waals surface area contributed by atoms with E-state index >= 15 is 0 Å². The van der Waals surface area contributed by atoms with Crippen LogP contribution in [-0.2, 0) is 16.8 Å². The van der Waals surface area contributed by atoms with Gasteiger partial charge in [0.05, 0.1) is 16.5 Å². The van der Waals surface area contributed by atoms with Crippen molar-refractivity contribution in [1.82, 2.24) is 24.8 Å². The molecule has 0 radical (unpaired) electrons. The average Bonchev–Trinajstić information content (AvgIpc) is 3.67. The van der Waals surface area contributed by atoms with Crippen molar-refractivity contribution in [3.05, 3.63) is 95.8 Å². The number of nitrogen functional groups attached to an aromatic ring is 1. The van der Waals surface area contributed by atoms with E-state index in [0.29, 0.717) is 48.5 Å². The highest BCUT2D eigenvalue weighted by Gasteiger charge is 2.51. The molecule has 3 heterocycles. The molecule has 4 N–H and O–H groups in total. The van der Waals surface area contributed by atoms with Gasteiger partial charge in [0.1, 0.15) is 17.1 Å². The summed E-state index contributed by atoms with van der Waals surface area (Å²) in [5.74, 6) is 0.816. The Labute approximate surface area is 218 Å². The van der Waals surface area contributed by atoms with Gasteiger partial charge in [-0.15, -0.1) is 0 Å². The summed E-state index contributed by atoms with van der Waals surface area (Å²) in [6.07, 6.45) is 5.35. The number of anilines is 1. The van der Waals surface area contributed by atoms with E-state index in [0.717, 1.165) is 22.3 Å². The van der Waals surface area contributed by atoms with Crippen LogP contribution in [0.1, 0.15) is 34.3 Å². The van der Waals surface area contributed by atoms with E-state index in [-0.39, 0.29) is 17.2 Å². The first kappa shape index (κ1) is 23.4. The second-order valence-corrected chi connectivity index (χ2v) is 9.38. The van der Waals surface area contributed by atoms with Crippen LogP contribution in [0.5, 0.6) is 5.75 Å². The Kier molecular flexibility index (Phi) is 5.60. The number of phenolic OH excluding ortho intramolecular Hbond substituents is 1. The molecule has 188 valence electrons. The van der Waals surface area contributed by atoms with Gasteiger partial charge in [0.15, 0.2) is 17.8 Å². The third-order valence-corrected chi connectivity index (χ3v) is 7.04. The number of benzene rings is 2. The standard InChI is InChI=1S/C29H24N6O3/c30-25-22(3-1-13-31-25)26-34-23-4-2-14-32-27(23)35(26)21-9-5-18(6-10-21)16-33-28(38)29(11-12-29)20-8-7-19(17-36)24(37)15-20/h1-10,13-15,17,37H,11-12,16H2,(H2,30,31)(H,33,38). The van der Waals surface area contributed by atoms with Crippen LogP contribution >= 0.6 is 0 Å². The number of imidazole rings is 1. The molecule has 0 bridgehead atoms. The Bertz CT molecular complexity index is 1690. The Morgan fingerprint density at radius 1 is 1.05 bits per heavy atom. The number of rotatable bonds is 7. The van der Waals surface area contributed by atoms with Crippen molar-refractivity contribution in [3.8, 4) is 22.8 Å². The van der Waals surface area contributed by atoms with Crippen molar-refractivity contribution < 1.29 is 14.7 Å². The minimum absolute atomic E-state index is 0.0982. The fourth-order valence-corrected chi connectivity index (χ4v) is 4.77. The van der Waals surface area contributed by atoms with E-state index in [1.165, 1.54) is 6.07 Å². The van der Waals surface area contributed by atoms with Crippen LogP contribution in [0.15, 0.2) is 79.1 Å². The summed E-state index contributed by atoms with van der Waals surface area (Å²) in [6.45, 7) is 0.352. The lowest BCUT2D eigenvalue weighted by Crippen LogP contribution is -2.34. The highest BCUT2D eigenvalue weighted by Crippen LogP contribution is 2.49. The maximum absolute atomic E-state index is 13.1. The van der Waals surface area contributed by atoms with Gasteiger partial charge in [-0.1, -0.05) is 18.2 Å². The number of aromatic nitrogens is 4. The smallest absolute Gasteiger partial charge is 0.230 e. The molecule has 1 amide bonds. The lowest BCUT2D eigenvalue weighted by molar-refractivity contribution is -0.123. The van der Waals surface area contributed by atoms with E-state index in [4.69, 9.17) is 10.7 Å². The fraction of sp³-hybridized carbons (Fsp3) is 0.138. The van der Waals surface area contributed by atoms with E-state index in [9.17, 15) is 14.7 Å². The third kappa shape index (κ3) is 3.94. The van der Waals surface area contributed by atoms with E-state index in [1.807, 2.05) is 53.1 Å².